The average molecular weight is 620 g/mol. The fraction of sp³-hybridized carbons (Fsp3) is 0.464. The molecule has 2 atom stereocenters. The van der Waals surface area contributed by atoms with E-state index in [1.54, 1.807) is 0 Å². The molecule has 0 fully saturated rings. The van der Waals surface area contributed by atoms with Crippen molar-refractivity contribution < 1.29 is 45.0 Å². The molecule has 44 heavy (non-hydrogen) atoms. The monoisotopic (exact) mass is 619 g/mol. The minimum Gasteiger partial charge on any atom is -0.507 e. The first-order valence-electron chi connectivity index (χ1n) is 14.2. The van der Waals surface area contributed by atoms with Gasteiger partial charge in [0.15, 0.2) is 18.2 Å². The molecule has 242 valence electrons. The quantitative estimate of drug-likeness (QED) is 0.141. The largest absolute Gasteiger partial charge is 0.507 e. The summed E-state index contributed by atoms with van der Waals surface area (Å²) in [6.45, 7) is 0.771. The fourth-order valence-corrected chi connectivity index (χ4v) is 4.75. The highest BCUT2D eigenvalue weighted by Gasteiger charge is 2.28. The average Bonchev–Trinajstić information content (AvgIpc) is 2.99. The van der Waals surface area contributed by atoms with Crippen LogP contribution >= 0.6 is 0 Å². The Morgan fingerprint density at radius 2 is 1.20 bits per heavy atom. The van der Waals surface area contributed by atoms with E-state index in [4.69, 9.17) is 5.73 Å². The molecule has 16 nitrogen and oxygen atoms in total. The maximum Gasteiger partial charge on any atom is 0.324 e. The molecule has 0 aromatic heterocycles. The van der Waals surface area contributed by atoms with E-state index in [9.17, 15) is 45.0 Å². The van der Waals surface area contributed by atoms with Crippen LogP contribution in [0, 0.1) is 0 Å². The van der Waals surface area contributed by atoms with Crippen LogP contribution in [-0.2, 0) is 0 Å². The predicted molar refractivity (Wildman–Crippen MR) is 158 cm³/mol. The van der Waals surface area contributed by atoms with Crippen LogP contribution in [0.15, 0.2) is 72.0 Å². The number of aliphatic hydroxyl groups is 6. The standard InChI is InChI=1S/C28H41N7O9/c29-28(10-4-13-30-25(42)33-16-1-7-19(36)22(33)39,11-5-14-31-26(43)34-17-2-8-20(37)23(34)40)12-6-15-32-27(44)35-18-3-9-21(38)24(35)41/h1-3,7-9,16-17,22-23,36-41H,4-6,10-15,18,29H2,(H,30,42)(H,31,43)(H,32,44). The molecule has 0 spiro atoms. The van der Waals surface area contributed by atoms with E-state index in [-0.39, 0.29) is 37.7 Å². The van der Waals surface area contributed by atoms with Crippen LogP contribution in [0.2, 0.25) is 0 Å². The third kappa shape index (κ3) is 9.16. The Morgan fingerprint density at radius 1 is 0.773 bits per heavy atom. The topological polar surface area (TPSA) is 244 Å². The molecule has 0 aromatic rings. The molecule has 6 amide bonds. The van der Waals surface area contributed by atoms with E-state index < -0.39 is 47.7 Å². The zero-order chi connectivity index (χ0) is 32.3. The molecule has 3 aliphatic rings. The van der Waals surface area contributed by atoms with Gasteiger partial charge in [-0.3, -0.25) is 14.7 Å². The summed E-state index contributed by atoms with van der Waals surface area (Å²) in [7, 11) is 0. The molecule has 0 bridgehead atoms. The van der Waals surface area contributed by atoms with Crippen LogP contribution < -0.4 is 21.7 Å². The van der Waals surface area contributed by atoms with E-state index >= 15 is 0 Å². The maximum atomic E-state index is 12.4. The Balaban J connectivity index is 1.49. The lowest BCUT2D eigenvalue weighted by Gasteiger charge is -2.31. The summed E-state index contributed by atoms with van der Waals surface area (Å²) in [4.78, 5) is 40.2. The van der Waals surface area contributed by atoms with Gasteiger partial charge in [0.1, 0.15) is 11.5 Å². The number of hydrogen-bond donors (Lipinski definition) is 10. The summed E-state index contributed by atoms with van der Waals surface area (Å²) < 4.78 is 0. The molecule has 2 unspecified atom stereocenters. The SMILES string of the molecule is NC(CCCNC(=O)N1CC=CC(O)=C1O)(CCCNC(=O)N1C=CC=C(O)C1O)CCCNC(=O)N1C=CC=C(O)C1O. The van der Waals surface area contributed by atoms with Gasteiger partial charge in [-0.1, -0.05) is 6.08 Å². The highest BCUT2D eigenvalue weighted by Crippen LogP contribution is 2.23. The number of nitrogens with two attached hydrogens (primary N) is 1. The van der Waals surface area contributed by atoms with E-state index in [1.165, 1.54) is 48.9 Å². The smallest absolute Gasteiger partial charge is 0.324 e. The van der Waals surface area contributed by atoms with Crippen molar-refractivity contribution in [2.45, 2.75) is 56.5 Å². The molecular formula is C28H41N7O9. The van der Waals surface area contributed by atoms with Gasteiger partial charge in [0.25, 0.3) is 0 Å². The molecular weight excluding hydrogens is 578 g/mol. The number of amides is 6. The van der Waals surface area contributed by atoms with Gasteiger partial charge in [-0.05, 0) is 68.9 Å². The van der Waals surface area contributed by atoms with Crippen molar-refractivity contribution in [3.05, 3.63) is 72.0 Å². The van der Waals surface area contributed by atoms with Gasteiger partial charge in [-0.2, -0.15) is 0 Å². The van der Waals surface area contributed by atoms with Crippen molar-refractivity contribution in [1.82, 2.24) is 30.7 Å². The first-order chi connectivity index (χ1) is 20.9. The number of hydrogen-bond acceptors (Lipinski definition) is 10. The van der Waals surface area contributed by atoms with Gasteiger partial charge >= 0.3 is 18.1 Å². The van der Waals surface area contributed by atoms with Gasteiger partial charge in [-0.15, -0.1) is 0 Å². The van der Waals surface area contributed by atoms with Crippen molar-refractivity contribution in [1.29, 1.82) is 0 Å². The Morgan fingerprint density at radius 3 is 1.66 bits per heavy atom. The zero-order valence-electron chi connectivity index (χ0n) is 24.2. The highest BCUT2D eigenvalue weighted by atomic mass is 16.3. The summed E-state index contributed by atoms with van der Waals surface area (Å²) in [5.41, 5.74) is 6.00. The Bertz CT molecular complexity index is 1180. The fourth-order valence-electron chi connectivity index (χ4n) is 4.75. The molecule has 11 N–H and O–H groups in total. The normalized spacial score (nSPS) is 21.0. The number of nitrogens with zero attached hydrogens (tertiary/aromatic N) is 3. The van der Waals surface area contributed by atoms with Gasteiger partial charge in [0.05, 0.1) is 0 Å². The second kappa shape index (κ2) is 15.7. The van der Waals surface area contributed by atoms with Crippen molar-refractivity contribution >= 4 is 18.1 Å². The van der Waals surface area contributed by atoms with E-state index in [1.807, 2.05) is 0 Å². The van der Waals surface area contributed by atoms with Crippen molar-refractivity contribution in [2.24, 2.45) is 5.73 Å². The van der Waals surface area contributed by atoms with Crippen LogP contribution in [0.5, 0.6) is 0 Å². The second-order valence-corrected chi connectivity index (χ2v) is 10.5. The van der Waals surface area contributed by atoms with Crippen LogP contribution in [0.4, 0.5) is 14.4 Å². The number of carbonyl (C=O) groups excluding carboxylic acids is 3. The molecule has 3 rings (SSSR count). The number of carbonyl (C=O) groups is 3. The lowest BCUT2D eigenvalue weighted by atomic mass is 9.85. The molecule has 0 radical (unpaired) electrons. The summed E-state index contributed by atoms with van der Waals surface area (Å²) in [5, 5.41) is 66.9. The minimum atomic E-state index is -1.48. The number of rotatable bonds is 12. The number of urea groups is 3. The van der Waals surface area contributed by atoms with Gasteiger partial charge in [0, 0.05) is 44.1 Å². The maximum absolute atomic E-state index is 12.4. The van der Waals surface area contributed by atoms with Crippen LogP contribution in [-0.4, -0.2) is 108 Å². The summed E-state index contributed by atoms with van der Waals surface area (Å²) in [6, 6.07) is -1.80. The third-order valence-corrected chi connectivity index (χ3v) is 7.23. The predicted octanol–water partition coefficient (Wildman–Crippen LogP) is 1.49. The van der Waals surface area contributed by atoms with E-state index in [0.29, 0.717) is 38.5 Å². The summed E-state index contributed by atoms with van der Waals surface area (Å²) in [6.07, 6.45) is 10.7. The third-order valence-electron chi connectivity index (χ3n) is 7.23. The number of allylic oxidation sites excluding steroid dienone is 5. The van der Waals surface area contributed by atoms with Gasteiger partial charge in [-0.25, -0.2) is 14.4 Å². The Kier molecular flexibility index (Phi) is 12.1. The second-order valence-electron chi connectivity index (χ2n) is 10.5. The van der Waals surface area contributed by atoms with Crippen LogP contribution in [0.1, 0.15) is 38.5 Å². The zero-order valence-corrected chi connectivity index (χ0v) is 24.2. The molecule has 3 heterocycles. The summed E-state index contributed by atoms with van der Waals surface area (Å²) >= 11 is 0. The molecule has 0 saturated heterocycles. The van der Waals surface area contributed by atoms with Crippen LogP contribution in [0.3, 0.4) is 0 Å². The first-order valence-corrected chi connectivity index (χ1v) is 14.2. The molecule has 16 heteroatoms. The van der Waals surface area contributed by atoms with Crippen molar-refractivity contribution in [3.8, 4) is 0 Å². The van der Waals surface area contributed by atoms with Crippen molar-refractivity contribution in [3.63, 3.8) is 0 Å². The Labute approximate surface area is 254 Å². The molecule has 0 aromatic carbocycles. The van der Waals surface area contributed by atoms with Crippen molar-refractivity contribution in [2.75, 3.05) is 26.2 Å². The van der Waals surface area contributed by atoms with Crippen LogP contribution in [0.25, 0.3) is 0 Å². The molecule has 3 aliphatic heterocycles. The number of nitrogens with one attached hydrogen (secondary N) is 3. The van der Waals surface area contributed by atoms with Gasteiger partial charge < -0.3 is 52.3 Å². The lowest BCUT2D eigenvalue weighted by molar-refractivity contribution is 0.0511. The highest BCUT2D eigenvalue weighted by molar-refractivity contribution is 5.77. The van der Waals surface area contributed by atoms with E-state index in [2.05, 4.69) is 16.0 Å². The molecule has 0 saturated carbocycles. The summed E-state index contributed by atoms with van der Waals surface area (Å²) in [5.74, 6) is -1.67. The van der Waals surface area contributed by atoms with Gasteiger partial charge in [0.2, 0.25) is 5.88 Å². The Hall–Kier alpha value is -4.67. The van der Waals surface area contributed by atoms with E-state index in [0.717, 1.165) is 14.7 Å². The first kappa shape index (κ1) is 33.8. The lowest BCUT2D eigenvalue weighted by Crippen LogP contribution is -2.46. The molecule has 0 aliphatic carbocycles. The number of aliphatic hydroxyl groups excluding tert-OH is 6. The minimum absolute atomic E-state index is 0.0975.